The second-order valence-electron chi connectivity index (χ2n) is 4.49. The number of hydrogen-bond acceptors (Lipinski definition) is 1. The van der Waals surface area contributed by atoms with Crippen molar-refractivity contribution < 1.29 is 4.74 Å². The number of rotatable bonds is 0. The maximum absolute atomic E-state index is 5.75. The highest BCUT2D eigenvalue weighted by molar-refractivity contribution is 5.03. The monoisotopic (exact) mass is 166 g/mol. The van der Waals surface area contributed by atoms with Crippen LogP contribution in [0.25, 0.3) is 0 Å². The predicted molar refractivity (Wildman–Crippen MR) is 49.7 cm³/mol. The van der Waals surface area contributed by atoms with Crippen LogP contribution in [0, 0.1) is 17.8 Å². The van der Waals surface area contributed by atoms with Gasteiger partial charge in [0.05, 0.1) is 5.76 Å². The van der Waals surface area contributed by atoms with Crippen molar-refractivity contribution in [1.29, 1.82) is 0 Å². The first-order chi connectivity index (χ1) is 5.68. The predicted octanol–water partition coefficient (Wildman–Crippen LogP) is 2.97. The van der Waals surface area contributed by atoms with Gasteiger partial charge in [0.25, 0.3) is 0 Å². The van der Waals surface area contributed by atoms with Crippen LogP contribution in [-0.4, -0.2) is 6.10 Å². The zero-order valence-corrected chi connectivity index (χ0v) is 8.05. The molecule has 1 saturated carbocycles. The maximum atomic E-state index is 5.75. The van der Waals surface area contributed by atoms with Crippen LogP contribution in [0.3, 0.4) is 0 Å². The average Bonchev–Trinajstić information content (AvgIpc) is 2.28. The molecular formula is C11H18O. The fraction of sp³-hybridized carbons (Fsp3) is 0.818. The van der Waals surface area contributed by atoms with Crippen molar-refractivity contribution in [2.45, 2.75) is 39.2 Å². The first kappa shape index (κ1) is 8.15. The average molecular weight is 166 g/mol. The Balaban J connectivity index is 2.09. The van der Waals surface area contributed by atoms with Gasteiger partial charge in [-0.15, -0.1) is 0 Å². The second-order valence-corrected chi connectivity index (χ2v) is 4.49. The molecule has 2 aliphatic rings. The molecule has 0 bridgehead atoms. The molecule has 1 nitrogen and oxygen atoms in total. The van der Waals surface area contributed by atoms with Gasteiger partial charge in [0, 0.05) is 11.8 Å². The van der Waals surface area contributed by atoms with E-state index in [1.54, 1.807) is 0 Å². The third-order valence-electron chi connectivity index (χ3n) is 3.56. The lowest BCUT2D eigenvalue weighted by Gasteiger charge is -2.29. The van der Waals surface area contributed by atoms with Crippen LogP contribution in [0.5, 0.6) is 0 Å². The van der Waals surface area contributed by atoms with Gasteiger partial charge in [-0.2, -0.15) is 0 Å². The van der Waals surface area contributed by atoms with E-state index in [1.165, 1.54) is 19.3 Å². The zero-order valence-electron chi connectivity index (χ0n) is 8.05. The molecule has 1 heterocycles. The van der Waals surface area contributed by atoms with Crippen LogP contribution in [0.1, 0.15) is 33.1 Å². The number of allylic oxidation sites excluding steroid dienone is 1. The van der Waals surface area contributed by atoms with Gasteiger partial charge >= 0.3 is 0 Å². The smallest absolute Gasteiger partial charge is 0.102 e. The van der Waals surface area contributed by atoms with E-state index in [4.69, 9.17) is 4.74 Å². The lowest BCUT2D eigenvalue weighted by Crippen LogP contribution is -2.27. The molecule has 0 amide bonds. The number of fused-ring (bicyclic) bond motifs is 1. The summed E-state index contributed by atoms with van der Waals surface area (Å²) in [5, 5.41) is 0. The Morgan fingerprint density at radius 3 is 2.83 bits per heavy atom. The van der Waals surface area contributed by atoms with Crippen molar-refractivity contribution in [2.24, 2.45) is 17.8 Å². The molecule has 0 aromatic rings. The molecule has 0 N–H and O–H groups in total. The molecule has 1 aliphatic carbocycles. The van der Waals surface area contributed by atoms with Gasteiger partial charge in [-0.05, 0) is 18.8 Å². The van der Waals surface area contributed by atoms with Crippen molar-refractivity contribution in [3.63, 3.8) is 0 Å². The van der Waals surface area contributed by atoms with E-state index in [9.17, 15) is 0 Å². The topological polar surface area (TPSA) is 9.23 Å². The summed E-state index contributed by atoms with van der Waals surface area (Å²) in [5.41, 5.74) is 0. The summed E-state index contributed by atoms with van der Waals surface area (Å²) in [6, 6.07) is 0. The number of hydrogen-bond donors (Lipinski definition) is 0. The molecular weight excluding hydrogens is 148 g/mol. The highest BCUT2D eigenvalue weighted by Crippen LogP contribution is 2.44. The first-order valence-electron chi connectivity index (χ1n) is 5.04. The standard InChI is InChI=1S/C11H18O/c1-7-4-5-10-8(2)9(3)12-11(10)6-7/h7-8,10-11H,3-6H2,1-2H3/t7-,8+,10+,11+/m1/s1. The van der Waals surface area contributed by atoms with E-state index in [0.29, 0.717) is 12.0 Å². The quantitative estimate of drug-likeness (QED) is 0.537. The third kappa shape index (κ3) is 1.16. The van der Waals surface area contributed by atoms with E-state index in [2.05, 4.69) is 20.4 Å². The summed E-state index contributed by atoms with van der Waals surface area (Å²) >= 11 is 0. The molecule has 0 unspecified atom stereocenters. The molecule has 1 aliphatic heterocycles. The molecule has 68 valence electrons. The minimum atomic E-state index is 0.497. The molecule has 12 heavy (non-hydrogen) atoms. The molecule has 0 aromatic heterocycles. The van der Waals surface area contributed by atoms with Gasteiger partial charge in [-0.25, -0.2) is 0 Å². The van der Waals surface area contributed by atoms with Crippen molar-refractivity contribution in [3.8, 4) is 0 Å². The van der Waals surface area contributed by atoms with E-state index < -0.39 is 0 Å². The number of ether oxygens (including phenoxy) is 1. The van der Waals surface area contributed by atoms with E-state index in [1.807, 2.05) is 0 Å². The van der Waals surface area contributed by atoms with Crippen LogP contribution in [0.4, 0.5) is 0 Å². The molecule has 4 atom stereocenters. The molecule has 0 radical (unpaired) electrons. The minimum Gasteiger partial charge on any atom is -0.495 e. The maximum Gasteiger partial charge on any atom is 0.102 e. The summed E-state index contributed by atoms with van der Waals surface area (Å²) in [6.45, 7) is 8.54. The largest absolute Gasteiger partial charge is 0.495 e. The van der Waals surface area contributed by atoms with Gasteiger partial charge < -0.3 is 4.74 Å². The molecule has 2 fully saturated rings. The van der Waals surface area contributed by atoms with E-state index in [0.717, 1.165) is 17.6 Å². The highest BCUT2D eigenvalue weighted by Gasteiger charge is 2.40. The summed E-state index contributed by atoms with van der Waals surface area (Å²) < 4.78 is 5.75. The minimum absolute atomic E-state index is 0.497. The summed E-state index contributed by atoms with van der Waals surface area (Å²) in [6.07, 6.45) is 4.46. The fourth-order valence-corrected chi connectivity index (χ4v) is 2.60. The van der Waals surface area contributed by atoms with Crippen LogP contribution in [-0.2, 0) is 4.74 Å². The highest BCUT2D eigenvalue weighted by atomic mass is 16.5. The zero-order chi connectivity index (χ0) is 8.72. The van der Waals surface area contributed by atoms with Crippen molar-refractivity contribution in [2.75, 3.05) is 0 Å². The van der Waals surface area contributed by atoms with Crippen molar-refractivity contribution >= 4 is 0 Å². The van der Waals surface area contributed by atoms with Gasteiger partial charge in [-0.1, -0.05) is 26.8 Å². The van der Waals surface area contributed by atoms with Crippen molar-refractivity contribution in [1.82, 2.24) is 0 Å². The molecule has 0 spiro atoms. The SMILES string of the molecule is C=C1O[C@H]2C[C@H](C)CC[C@H]2[C@H]1C. The van der Waals surface area contributed by atoms with Crippen molar-refractivity contribution in [3.05, 3.63) is 12.3 Å². The third-order valence-corrected chi connectivity index (χ3v) is 3.56. The Kier molecular flexibility index (Phi) is 1.90. The van der Waals surface area contributed by atoms with Crippen LogP contribution in [0.15, 0.2) is 12.3 Å². The first-order valence-corrected chi connectivity index (χ1v) is 5.04. The summed E-state index contributed by atoms with van der Waals surface area (Å²) in [5.74, 6) is 3.25. The Hall–Kier alpha value is -0.460. The fourth-order valence-electron chi connectivity index (χ4n) is 2.60. The molecule has 2 rings (SSSR count). The van der Waals surface area contributed by atoms with Crippen LogP contribution in [0.2, 0.25) is 0 Å². The lowest BCUT2D eigenvalue weighted by molar-refractivity contribution is 0.0752. The Morgan fingerprint density at radius 1 is 1.33 bits per heavy atom. The molecule has 0 aromatic carbocycles. The van der Waals surface area contributed by atoms with E-state index in [-0.39, 0.29) is 0 Å². The Bertz CT molecular complexity index is 197. The van der Waals surface area contributed by atoms with Crippen LogP contribution < -0.4 is 0 Å². The van der Waals surface area contributed by atoms with Gasteiger partial charge in [0.2, 0.25) is 0 Å². The van der Waals surface area contributed by atoms with Gasteiger partial charge in [0.15, 0.2) is 0 Å². The Morgan fingerprint density at radius 2 is 2.08 bits per heavy atom. The molecule has 1 heteroatoms. The van der Waals surface area contributed by atoms with Crippen LogP contribution >= 0.6 is 0 Å². The second kappa shape index (κ2) is 2.79. The Labute approximate surface area is 74.8 Å². The van der Waals surface area contributed by atoms with E-state index >= 15 is 0 Å². The van der Waals surface area contributed by atoms with Gasteiger partial charge in [0.1, 0.15) is 6.10 Å². The lowest BCUT2D eigenvalue weighted by atomic mass is 9.76. The van der Waals surface area contributed by atoms with Gasteiger partial charge in [-0.3, -0.25) is 0 Å². The normalized spacial score (nSPS) is 47.0. The molecule has 1 saturated heterocycles. The summed E-state index contributed by atoms with van der Waals surface area (Å²) in [4.78, 5) is 0. The summed E-state index contributed by atoms with van der Waals surface area (Å²) in [7, 11) is 0.